The summed E-state index contributed by atoms with van der Waals surface area (Å²) in [7, 11) is 0. The van der Waals surface area contributed by atoms with Crippen LogP contribution in [0, 0.1) is 0 Å². The first kappa shape index (κ1) is 17.8. The van der Waals surface area contributed by atoms with Gasteiger partial charge in [-0.15, -0.1) is 13.2 Å². The fourth-order valence-corrected chi connectivity index (χ4v) is 2.08. The van der Waals surface area contributed by atoms with E-state index in [1.54, 1.807) is 0 Å². The van der Waals surface area contributed by atoms with Crippen LogP contribution in [0.3, 0.4) is 0 Å². The van der Waals surface area contributed by atoms with Crippen LogP contribution in [0.2, 0.25) is 0 Å². The molecule has 118 valence electrons. The van der Waals surface area contributed by atoms with Crippen LogP contribution in [-0.4, -0.2) is 24.1 Å². The van der Waals surface area contributed by atoms with Gasteiger partial charge in [0.05, 0.1) is 0 Å². The van der Waals surface area contributed by atoms with E-state index in [1.165, 1.54) is 12.1 Å². The quantitative estimate of drug-likeness (QED) is 0.550. The predicted octanol–water partition coefficient (Wildman–Crippen LogP) is 4.27. The van der Waals surface area contributed by atoms with E-state index in [4.69, 9.17) is 0 Å². The molecular formula is C14H17BrF3NO2. The first-order chi connectivity index (χ1) is 9.92. The molecule has 0 aliphatic heterocycles. The minimum atomic E-state index is -4.72. The topological polar surface area (TPSA) is 38.3 Å². The molecule has 0 unspecified atom stereocenters. The lowest BCUT2D eigenvalue weighted by atomic mass is 10.2. The lowest BCUT2D eigenvalue weighted by Gasteiger charge is -2.09. The van der Waals surface area contributed by atoms with E-state index in [-0.39, 0.29) is 11.7 Å². The molecule has 0 saturated carbocycles. The summed E-state index contributed by atoms with van der Waals surface area (Å²) in [5, 5.41) is 3.71. The molecule has 1 aromatic rings. The maximum atomic E-state index is 12.0. The minimum absolute atomic E-state index is 0.297. The van der Waals surface area contributed by atoms with Crippen LogP contribution in [0.25, 0.3) is 0 Å². The monoisotopic (exact) mass is 367 g/mol. The van der Waals surface area contributed by atoms with Crippen molar-refractivity contribution in [3.05, 3.63) is 29.8 Å². The van der Waals surface area contributed by atoms with Crippen molar-refractivity contribution in [2.75, 3.05) is 11.9 Å². The minimum Gasteiger partial charge on any atom is -0.406 e. The van der Waals surface area contributed by atoms with E-state index < -0.39 is 6.36 Å². The Morgan fingerprint density at radius 2 is 1.71 bits per heavy atom. The second-order valence-corrected chi connectivity index (χ2v) is 5.22. The van der Waals surface area contributed by atoms with Crippen molar-refractivity contribution in [1.29, 1.82) is 0 Å². The molecule has 0 aliphatic carbocycles. The maximum absolute atomic E-state index is 12.0. The van der Waals surface area contributed by atoms with Crippen LogP contribution < -0.4 is 10.1 Å². The number of halogens is 4. The summed E-state index contributed by atoms with van der Waals surface area (Å²) >= 11 is 3.35. The number of rotatable bonds is 8. The summed E-state index contributed by atoms with van der Waals surface area (Å²) < 4.78 is 39.7. The molecule has 1 amide bonds. The molecule has 1 N–H and O–H groups in total. The standard InChI is InChI=1S/C14H17BrF3NO2/c15-9-3-1-2-4-10-19-13(20)11-5-7-12(8-6-11)21-14(16,17)18/h5-8H,1-4,9-10H2,(H,19,20). The Morgan fingerprint density at radius 1 is 1.10 bits per heavy atom. The lowest BCUT2D eigenvalue weighted by molar-refractivity contribution is -0.274. The van der Waals surface area contributed by atoms with Gasteiger partial charge in [-0.3, -0.25) is 4.79 Å². The second-order valence-electron chi connectivity index (χ2n) is 4.43. The number of amides is 1. The van der Waals surface area contributed by atoms with Gasteiger partial charge in [0.1, 0.15) is 5.75 Å². The number of hydrogen-bond acceptors (Lipinski definition) is 2. The van der Waals surface area contributed by atoms with Crippen molar-refractivity contribution in [1.82, 2.24) is 5.32 Å². The van der Waals surface area contributed by atoms with Gasteiger partial charge in [0, 0.05) is 17.4 Å². The highest BCUT2D eigenvalue weighted by atomic mass is 79.9. The maximum Gasteiger partial charge on any atom is 0.573 e. The predicted molar refractivity (Wildman–Crippen MR) is 77.7 cm³/mol. The first-order valence-electron chi connectivity index (χ1n) is 6.62. The summed E-state index contributed by atoms with van der Waals surface area (Å²) in [5.74, 6) is -0.636. The average molecular weight is 368 g/mol. The molecule has 0 bridgehead atoms. The summed E-state index contributed by atoms with van der Waals surface area (Å²) in [6, 6.07) is 4.86. The largest absolute Gasteiger partial charge is 0.573 e. The molecule has 0 saturated heterocycles. The SMILES string of the molecule is O=C(NCCCCCCBr)c1ccc(OC(F)(F)F)cc1. The molecule has 1 aromatic carbocycles. The summed E-state index contributed by atoms with van der Waals surface area (Å²) in [6.07, 6.45) is -0.601. The van der Waals surface area contributed by atoms with Crippen molar-refractivity contribution >= 4 is 21.8 Å². The van der Waals surface area contributed by atoms with Gasteiger partial charge >= 0.3 is 6.36 Å². The van der Waals surface area contributed by atoms with Crippen molar-refractivity contribution < 1.29 is 22.7 Å². The third kappa shape index (κ3) is 7.94. The molecule has 7 heteroatoms. The molecule has 0 fully saturated rings. The number of unbranched alkanes of at least 4 members (excludes halogenated alkanes) is 3. The smallest absolute Gasteiger partial charge is 0.406 e. The lowest BCUT2D eigenvalue weighted by Crippen LogP contribution is -2.24. The summed E-state index contributed by atoms with van der Waals surface area (Å²) in [4.78, 5) is 11.7. The van der Waals surface area contributed by atoms with Gasteiger partial charge < -0.3 is 10.1 Å². The van der Waals surface area contributed by atoms with Crippen molar-refractivity contribution in [2.24, 2.45) is 0 Å². The molecular weight excluding hydrogens is 351 g/mol. The van der Waals surface area contributed by atoms with Gasteiger partial charge in [-0.1, -0.05) is 28.8 Å². The van der Waals surface area contributed by atoms with Gasteiger partial charge in [0.25, 0.3) is 5.91 Å². The molecule has 3 nitrogen and oxygen atoms in total. The number of alkyl halides is 4. The Balaban J connectivity index is 2.34. The fraction of sp³-hybridized carbons (Fsp3) is 0.500. The van der Waals surface area contributed by atoms with Gasteiger partial charge in [-0.05, 0) is 37.1 Å². The van der Waals surface area contributed by atoms with Gasteiger partial charge in [0.15, 0.2) is 0 Å². The highest BCUT2D eigenvalue weighted by Crippen LogP contribution is 2.22. The third-order valence-corrected chi connectivity index (χ3v) is 3.26. The van der Waals surface area contributed by atoms with Crippen LogP contribution >= 0.6 is 15.9 Å². The van der Waals surface area contributed by atoms with Gasteiger partial charge in [0.2, 0.25) is 0 Å². The number of benzene rings is 1. The van der Waals surface area contributed by atoms with Gasteiger partial charge in [-0.25, -0.2) is 0 Å². The van der Waals surface area contributed by atoms with Crippen LogP contribution in [0.15, 0.2) is 24.3 Å². The van der Waals surface area contributed by atoms with Crippen molar-refractivity contribution in [3.63, 3.8) is 0 Å². The van der Waals surface area contributed by atoms with Crippen LogP contribution in [-0.2, 0) is 0 Å². The van der Waals surface area contributed by atoms with Crippen molar-refractivity contribution in [3.8, 4) is 5.75 Å². The first-order valence-corrected chi connectivity index (χ1v) is 7.74. The highest BCUT2D eigenvalue weighted by Gasteiger charge is 2.31. The summed E-state index contributed by atoms with van der Waals surface area (Å²) in [6.45, 7) is 0.557. The molecule has 1 rings (SSSR count). The van der Waals surface area contributed by atoms with E-state index in [1.807, 2.05) is 0 Å². The Bertz CT molecular complexity index is 435. The van der Waals surface area contributed by atoms with E-state index in [9.17, 15) is 18.0 Å². The summed E-state index contributed by atoms with van der Waals surface area (Å²) in [5.41, 5.74) is 0.310. The number of carbonyl (C=O) groups excluding carboxylic acids is 1. The van der Waals surface area contributed by atoms with E-state index >= 15 is 0 Å². The van der Waals surface area contributed by atoms with Crippen LogP contribution in [0.5, 0.6) is 5.75 Å². The van der Waals surface area contributed by atoms with Crippen LogP contribution in [0.4, 0.5) is 13.2 Å². The second kappa shape index (κ2) is 8.92. The zero-order chi connectivity index (χ0) is 15.7. The Morgan fingerprint density at radius 3 is 2.29 bits per heavy atom. The fourth-order valence-electron chi connectivity index (χ4n) is 1.69. The van der Waals surface area contributed by atoms with E-state index in [2.05, 4.69) is 26.0 Å². The molecule has 0 aliphatic rings. The number of hydrogen-bond donors (Lipinski definition) is 1. The zero-order valence-electron chi connectivity index (χ0n) is 11.4. The number of nitrogens with one attached hydrogen (secondary N) is 1. The Hall–Kier alpha value is -1.24. The van der Waals surface area contributed by atoms with Crippen molar-refractivity contribution in [2.45, 2.75) is 32.0 Å². The molecule has 0 radical (unpaired) electrons. The molecule has 0 heterocycles. The van der Waals surface area contributed by atoms with Crippen LogP contribution in [0.1, 0.15) is 36.0 Å². The Labute approximate surface area is 130 Å². The van der Waals surface area contributed by atoms with E-state index in [0.29, 0.717) is 12.1 Å². The molecule has 0 spiro atoms. The molecule has 21 heavy (non-hydrogen) atoms. The average Bonchev–Trinajstić information content (AvgIpc) is 2.41. The third-order valence-electron chi connectivity index (χ3n) is 2.70. The molecule has 0 aromatic heterocycles. The van der Waals surface area contributed by atoms with Gasteiger partial charge in [-0.2, -0.15) is 0 Å². The molecule has 0 atom stereocenters. The normalized spacial score (nSPS) is 11.2. The number of ether oxygens (including phenoxy) is 1. The highest BCUT2D eigenvalue weighted by molar-refractivity contribution is 9.09. The number of carbonyl (C=O) groups is 1. The van der Waals surface area contributed by atoms with E-state index in [0.717, 1.165) is 43.1 Å². The Kier molecular flexibility index (Phi) is 7.56. The zero-order valence-corrected chi connectivity index (χ0v) is 13.0.